The van der Waals surface area contributed by atoms with Crippen LogP contribution >= 0.6 is 0 Å². The Morgan fingerprint density at radius 2 is 1.72 bits per heavy atom. The van der Waals surface area contributed by atoms with E-state index in [2.05, 4.69) is 6.08 Å². The van der Waals surface area contributed by atoms with E-state index in [9.17, 15) is 8.78 Å². The van der Waals surface area contributed by atoms with Crippen LogP contribution in [-0.2, 0) is 25.4 Å². The summed E-state index contributed by atoms with van der Waals surface area (Å²) < 4.78 is 49.1. The third-order valence-electron chi connectivity index (χ3n) is 4.44. The van der Waals surface area contributed by atoms with E-state index in [-0.39, 0.29) is 18.5 Å². The molecule has 0 unspecified atom stereocenters. The summed E-state index contributed by atoms with van der Waals surface area (Å²) in [6, 6.07) is 3.93. The number of rotatable bonds is 5. The molecule has 138 valence electrons. The molecule has 2 saturated heterocycles. The van der Waals surface area contributed by atoms with Crippen molar-refractivity contribution in [3.8, 4) is 0 Å². The maximum atomic E-state index is 13.2. The van der Waals surface area contributed by atoms with Crippen LogP contribution in [0.2, 0.25) is 0 Å². The van der Waals surface area contributed by atoms with Gasteiger partial charge in [-0.15, -0.1) is 0 Å². The summed E-state index contributed by atoms with van der Waals surface area (Å²) in [7, 11) is 0. The molecule has 0 spiro atoms. The second-order valence-corrected chi connectivity index (χ2v) is 6.46. The second kappa shape index (κ2) is 8.85. The lowest BCUT2D eigenvalue weighted by atomic mass is 10.1. The largest absolute Gasteiger partial charge is 0.352 e. The number of ether oxygens (including phenoxy) is 4. The van der Waals surface area contributed by atoms with Crippen molar-refractivity contribution in [2.45, 2.75) is 32.3 Å². The predicted octanol–water partition coefficient (Wildman–Crippen LogP) is 3.45. The van der Waals surface area contributed by atoms with Crippen molar-refractivity contribution < 1.29 is 27.7 Å². The molecule has 0 N–H and O–H groups in total. The SMILES string of the molecule is C/C=C/[C@H]1CO[C@H]([C@H]2CO[C@H](CCc3ccc(F)c(F)c3)OC2)OC1. The average molecular weight is 354 g/mol. The highest BCUT2D eigenvalue weighted by molar-refractivity contribution is 5.17. The Morgan fingerprint density at radius 3 is 2.36 bits per heavy atom. The summed E-state index contributed by atoms with van der Waals surface area (Å²) >= 11 is 0. The van der Waals surface area contributed by atoms with Crippen LogP contribution < -0.4 is 0 Å². The number of benzene rings is 1. The highest BCUT2D eigenvalue weighted by Gasteiger charge is 2.33. The van der Waals surface area contributed by atoms with E-state index in [0.717, 1.165) is 11.6 Å². The van der Waals surface area contributed by atoms with Gasteiger partial charge in [-0.1, -0.05) is 18.2 Å². The molecule has 0 aromatic heterocycles. The van der Waals surface area contributed by atoms with Gasteiger partial charge < -0.3 is 18.9 Å². The zero-order valence-electron chi connectivity index (χ0n) is 14.3. The van der Waals surface area contributed by atoms with Gasteiger partial charge in [-0.2, -0.15) is 0 Å². The molecule has 0 radical (unpaired) electrons. The molecular weight excluding hydrogens is 330 g/mol. The standard InChI is InChI=1S/C19H24F2O4/c1-2-3-14-9-24-19(25-10-14)15-11-22-18(23-12-15)7-5-13-4-6-16(20)17(21)8-13/h2-4,6,8,14-15,18-19H,5,7,9-12H2,1H3/b3-2+/t14-,15-,18-,19-. The second-order valence-electron chi connectivity index (χ2n) is 6.46. The Bertz CT molecular complexity index is 577. The van der Waals surface area contributed by atoms with E-state index in [4.69, 9.17) is 18.9 Å². The summed E-state index contributed by atoms with van der Waals surface area (Å²) in [5.41, 5.74) is 0.724. The summed E-state index contributed by atoms with van der Waals surface area (Å²) in [4.78, 5) is 0. The average Bonchev–Trinajstić information content (AvgIpc) is 2.64. The normalized spacial score (nSPS) is 30.7. The molecule has 0 amide bonds. The molecule has 2 fully saturated rings. The van der Waals surface area contributed by atoms with Crippen LogP contribution in [0, 0.1) is 23.5 Å². The van der Waals surface area contributed by atoms with Crippen LogP contribution in [0.15, 0.2) is 30.4 Å². The number of halogens is 2. The number of aryl methyl sites for hydroxylation is 1. The van der Waals surface area contributed by atoms with Crippen molar-refractivity contribution in [2.75, 3.05) is 26.4 Å². The first kappa shape index (κ1) is 18.5. The number of hydrogen-bond donors (Lipinski definition) is 0. The topological polar surface area (TPSA) is 36.9 Å². The molecule has 0 bridgehead atoms. The minimum atomic E-state index is -0.832. The minimum Gasteiger partial charge on any atom is -0.352 e. The smallest absolute Gasteiger partial charge is 0.164 e. The summed E-state index contributed by atoms with van der Waals surface area (Å²) in [6.07, 6.45) is 4.60. The fraction of sp³-hybridized carbons (Fsp3) is 0.579. The lowest BCUT2D eigenvalue weighted by Gasteiger charge is -2.37. The van der Waals surface area contributed by atoms with Gasteiger partial charge in [-0.3, -0.25) is 0 Å². The maximum absolute atomic E-state index is 13.2. The quantitative estimate of drug-likeness (QED) is 0.759. The lowest BCUT2D eigenvalue weighted by Crippen LogP contribution is -2.44. The first-order chi connectivity index (χ1) is 12.2. The summed E-state index contributed by atoms with van der Waals surface area (Å²) in [6.45, 7) is 4.27. The molecule has 2 aliphatic rings. The van der Waals surface area contributed by atoms with Crippen LogP contribution in [0.4, 0.5) is 8.78 Å². The van der Waals surface area contributed by atoms with Crippen molar-refractivity contribution in [3.05, 3.63) is 47.5 Å². The molecule has 2 aliphatic heterocycles. The van der Waals surface area contributed by atoms with Gasteiger partial charge in [0.15, 0.2) is 24.2 Å². The molecule has 3 rings (SSSR count). The number of hydrogen-bond acceptors (Lipinski definition) is 4. The van der Waals surface area contributed by atoms with Gasteiger partial charge in [0.1, 0.15) is 0 Å². The van der Waals surface area contributed by atoms with Crippen LogP contribution in [0.5, 0.6) is 0 Å². The summed E-state index contributed by atoms with van der Waals surface area (Å²) in [5, 5.41) is 0. The predicted molar refractivity (Wildman–Crippen MR) is 87.9 cm³/mol. The van der Waals surface area contributed by atoms with Crippen molar-refractivity contribution in [1.29, 1.82) is 0 Å². The Kier molecular flexibility index (Phi) is 6.53. The Hall–Kier alpha value is -1.34. The van der Waals surface area contributed by atoms with Gasteiger partial charge in [0, 0.05) is 12.3 Å². The molecule has 2 heterocycles. The van der Waals surface area contributed by atoms with Crippen LogP contribution in [-0.4, -0.2) is 39.0 Å². The van der Waals surface area contributed by atoms with E-state index in [0.29, 0.717) is 45.2 Å². The Balaban J connectivity index is 1.39. The van der Waals surface area contributed by atoms with E-state index >= 15 is 0 Å². The van der Waals surface area contributed by atoms with E-state index in [1.54, 1.807) is 6.07 Å². The van der Waals surface area contributed by atoms with Crippen molar-refractivity contribution in [2.24, 2.45) is 11.8 Å². The zero-order valence-corrected chi connectivity index (χ0v) is 14.3. The van der Waals surface area contributed by atoms with Crippen molar-refractivity contribution in [3.63, 3.8) is 0 Å². The van der Waals surface area contributed by atoms with Gasteiger partial charge in [0.2, 0.25) is 0 Å². The van der Waals surface area contributed by atoms with Crippen LogP contribution in [0.1, 0.15) is 18.9 Å². The minimum absolute atomic E-state index is 0.0473. The molecule has 1 aromatic rings. The first-order valence-electron chi connectivity index (χ1n) is 8.69. The lowest BCUT2D eigenvalue weighted by molar-refractivity contribution is -0.278. The van der Waals surface area contributed by atoms with Crippen LogP contribution in [0.25, 0.3) is 0 Å². The fourth-order valence-electron chi connectivity index (χ4n) is 3.05. The monoisotopic (exact) mass is 354 g/mol. The molecule has 0 saturated carbocycles. The third-order valence-corrected chi connectivity index (χ3v) is 4.44. The van der Waals surface area contributed by atoms with Crippen molar-refractivity contribution >= 4 is 0 Å². The molecule has 6 heteroatoms. The van der Waals surface area contributed by atoms with E-state index in [1.165, 1.54) is 6.07 Å². The van der Waals surface area contributed by atoms with E-state index < -0.39 is 11.6 Å². The fourth-order valence-corrected chi connectivity index (χ4v) is 3.05. The zero-order chi connectivity index (χ0) is 17.6. The van der Waals surface area contributed by atoms with Gasteiger partial charge in [-0.25, -0.2) is 8.78 Å². The Labute approximate surface area is 146 Å². The summed E-state index contributed by atoms with van der Waals surface area (Å²) in [5.74, 6) is -1.31. The van der Waals surface area contributed by atoms with Gasteiger partial charge >= 0.3 is 0 Å². The van der Waals surface area contributed by atoms with Crippen molar-refractivity contribution in [1.82, 2.24) is 0 Å². The van der Waals surface area contributed by atoms with Crippen LogP contribution in [0.3, 0.4) is 0 Å². The van der Waals surface area contributed by atoms with Gasteiger partial charge in [0.25, 0.3) is 0 Å². The third kappa shape index (κ3) is 5.07. The number of allylic oxidation sites excluding steroid dienone is 1. The molecular formula is C19H24F2O4. The highest BCUT2D eigenvalue weighted by atomic mass is 19.2. The van der Waals surface area contributed by atoms with Gasteiger partial charge in [-0.05, 0) is 31.0 Å². The van der Waals surface area contributed by atoms with Gasteiger partial charge in [0.05, 0.1) is 32.3 Å². The Morgan fingerprint density at radius 1 is 1.00 bits per heavy atom. The highest BCUT2D eigenvalue weighted by Crippen LogP contribution is 2.24. The molecule has 4 nitrogen and oxygen atoms in total. The molecule has 25 heavy (non-hydrogen) atoms. The molecule has 0 atom stereocenters. The first-order valence-corrected chi connectivity index (χ1v) is 8.69. The maximum Gasteiger partial charge on any atom is 0.164 e. The van der Waals surface area contributed by atoms with E-state index in [1.807, 2.05) is 13.0 Å². The molecule has 1 aromatic carbocycles. The molecule has 0 aliphatic carbocycles.